The molecule has 0 aliphatic rings. The normalized spacial score (nSPS) is 11.8. The lowest BCUT2D eigenvalue weighted by Gasteiger charge is -2.19. The van der Waals surface area contributed by atoms with Gasteiger partial charge in [0.15, 0.2) is 0 Å². The topological polar surface area (TPSA) is 37.0 Å². The highest BCUT2D eigenvalue weighted by molar-refractivity contribution is 8.22. The Bertz CT molecular complexity index is 477. The first-order valence-corrected chi connectivity index (χ1v) is 7.50. The van der Waals surface area contributed by atoms with Gasteiger partial charge < -0.3 is 5.43 Å². The van der Waals surface area contributed by atoms with Crippen LogP contribution in [0.3, 0.4) is 0 Å². The van der Waals surface area contributed by atoms with Crippen LogP contribution >= 0.6 is 24.0 Å². The summed E-state index contributed by atoms with van der Waals surface area (Å²) in [7, 11) is 0. The van der Waals surface area contributed by atoms with Crippen LogP contribution < -0.4 is 10.9 Å². The van der Waals surface area contributed by atoms with Crippen LogP contribution in [0, 0.1) is 0 Å². The van der Waals surface area contributed by atoms with Gasteiger partial charge in [-0.05, 0) is 24.0 Å². The van der Waals surface area contributed by atoms with E-state index in [4.69, 9.17) is 12.2 Å². The summed E-state index contributed by atoms with van der Waals surface area (Å²) in [6.07, 6.45) is 3.73. The molecule has 0 radical (unpaired) electrons. The maximum atomic E-state index is 5.14. The van der Waals surface area contributed by atoms with Crippen LogP contribution in [0.5, 0.6) is 0 Å². The van der Waals surface area contributed by atoms with Crippen molar-refractivity contribution in [1.29, 1.82) is 0 Å². The molecule has 1 heterocycles. The zero-order valence-corrected chi connectivity index (χ0v) is 12.2. The van der Waals surface area contributed by atoms with Crippen molar-refractivity contribution in [2.24, 2.45) is 0 Å². The molecule has 0 saturated carbocycles. The lowest BCUT2D eigenvalue weighted by Crippen LogP contribution is -2.38. The minimum atomic E-state index is -0.0347. The number of hydrogen-bond acceptors (Lipinski definition) is 4. The SMILES string of the molecule is CSC(=S)NNC(c1ccccc1)c1ccccn1. The molecule has 0 fully saturated rings. The maximum Gasteiger partial charge on any atom is 0.147 e. The molecule has 2 aromatic rings. The fourth-order valence-corrected chi connectivity index (χ4v) is 1.92. The van der Waals surface area contributed by atoms with Gasteiger partial charge in [-0.2, -0.15) is 0 Å². The van der Waals surface area contributed by atoms with E-state index in [0.717, 1.165) is 11.3 Å². The predicted octanol–water partition coefficient (Wildman–Crippen LogP) is 2.91. The van der Waals surface area contributed by atoms with Crippen LogP contribution in [0.15, 0.2) is 54.7 Å². The van der Waals surface area contributed by atoms with Crippen molar-refractivity contribution in [1.82, 2.24) is 15.8 Å². The lowest BCUT2D eigenvalue weighted by molar-refractivity contribution is 0.568. The average molecular weight is 289 g/mol. The van der Waals surface area contributed by atoms with Crippen molar-refractivity contribution in [3.8, 4) is 0 Å². The van der Waals surface area contributed by atoms with Gasteiger partial charge in [-0.3, -0.25) is 4.98 Å². The molecule has 0 aliphatic heterocycles. The summed E-state index contributed by atoms with van der Waals surface area (Å²) < 4.78 is 0.705. The van der Waals surface area contributed by atoms with E-state index < -0.39 is 0 Å². The first-order chi connectivity index (χ1) is 9.31. The average Bonchev–Trinajstić information content (AvgIpc) is 2.49. The monoisotopic (exact) mass is 289 g/mol. The molecule has 1 aromatic carbocycles. The van der Waals surface area contributed by atoms with E-state index in [9.17, 15) is 0 Å². The van der Waals surface area contributed by atoms with E-state index in [2.05, 4.69) is 28.0 Å². The second-order valence-corrected chi connectivity index (χ2v) is 5.34. The Morgan fingerprint density at radius 2 is 1.89 bits per heavy atom. The number of hydrogen-bond donors (Lipinski definition) is 2. The Morgan fingerprint density at radius 1 is 1.16 bits per heavy atom. The van der Waals surface area contributed by atoms with Gasteiger partial charge >= 0.3 is 0 Å². The van der Waals surface area contributed by atoms with Gasteiger partial charge in [-0.15, -0.1) is 0 Å². The third-order valence-corrected chi connectivity index (χ3v) is 3.70. The number of hydrazine groups is 1. The van der Waals surface area contributed by atoms with Gasteiger partial charge in [0.1, 0.15) is 4.32 Å². The van der Waals surface area contributed by atoms with E-state index in [1.54, 1.807) is 6.20 Å². The highest BCUT2D eigenvalue weighted by Crippen LogP contribution is 2.19. The van der Waals surface area contributed by atoms with Crippen LogP contribution in [-0.2, 0) is 0 Å². The molecule has 0 bridgehead atoms. The number of rotatable bonds is 4. The Labute approximate surface area is 122 Å². The second-order valence-electron chi connectivity index (χ2n) is 3.86. The van der Waals surface area contributed by atoms with Gasteiger partial charge in [0.25, 0.3) is 0 Å². The largest absolute Gasteiger partial charge is 0.306 e. The number of thiocarbonyl (C=S) groups is 1. The van der Waals surface area contributed by atoms with Gasteiger partial charge in [0, 0.05) is 6.20 Å². The molecule has 0 saturated heterocycles. The second kappa shape index (κ2) is 7.23. The van der Waals surface area contributed by atoms with E-state index >= 15 is 0 Å². The van der Waals surface area contributed by atoms with Gasteiger partial charge in [0.05, 0.1) is 11.7 Å². The summed E-state index contributed by atoms with van der Waals surface area (Å²) in [5.74, 6) is 0. The first kappa shape index (κ1) is 14.0. The van der Waals surface area contributed by atoms with Crippen molar-refractivity contribution in [3.05, 3.63) is 66.0 Å². The summed E-state index contributed by atoms with van der Waals surface area (Å²) in [5.41, 5.74) is 8.35. The number of nitrogens with one attached hydrogen (secondary N) is 2. The minimum absolute atomic E-state index is 0.0347. The fraction of sp³-hybridized carbons (Fsp3) is 0.143. The summed E-state index contributed by atoms with van der Waals surface area (Å²) in [5, 5.41) is 0. The van der Waals surface area contributed by atoms with Crippen LogP contribution in [0.2, 0.25) is 0 Å². The molecule has 1 unspecified atom stereocenters. The van der Waals surface area contributed by atoms with Crippen molar-refractivity contribution in [3.63, 3.8) is 0 Å². The van der Waals surface area contributed by atoms with E-state index in [1.165, 1.54) is 11.8 Å². The number of benzene rings is 1. The molecule has 0 aliphatic carbocycles. The molecule has 3 nitrogen and oxygen atoms in total. The fourth-order valence-electron chi connectivity index (χ4n) is 1.70. The van der Waals surface area contributed by atoms with Gasteiger partial charge in [-0.1, -0.05) is 60.4 Å². The predicted molar refractivity (Wildman–Crippen MR) is 84.9 cm³/mol. The van der Waals surface area contributed by atoms with Crippen LogP contribution in [-0.4, -0.2) is 15.6 Å². The molecule has 2 N–H and O–H groups in total. The Balaban J connectivity index is 2.21. The van der Waals surface area contributed by atoms with Crippen molar-refractivity contribution < 1.29 is 0 Å². The summed E-state index contributed by atoms with van der Waals surface area (Å²) in [4.78, 5) is 4.41. The molecular weight excluding hydrogens is 274 g/mol. The quantitative estimate of drug-likeness (QED) is 0.668. The highest BCUT2D eigenvalue weighted by atomic mass is 32.2. The van der Waals surface area contributed by atoms with Crippen molar-refractivity contribution >= 4 is 28.3 Å². The third kappa shape index (κ3) is 4.02. The standard InChI is InChI=1S/C14H15N3S2/c1-19-14(18)17-16-13(11-7-3-2-4-8-11)12-9-5-6-10-15-12/h2-10,13,16H,1H3,(H,17,18). The Kier molecular flexibility index (Phi) is 5.32. The van der Waals surface area contributed by atoms with Crippen LogP contribution in [0.1, 0.15) is 17.3 Å². The maximum absolute atomic E-state index is 5.14. The number of nitrogens with zero attached hydrogens (tertiary/aromatic N) is 1. The van der Waals surface area contributed by atoms with E-state index in [1.807, 2.05) is 42.7 Å². The molecular formula is C14H15N3S2. The molecule has 1 aromatic heterocycles. The summed E-state index contributed by atoms with van der Waals surface area (Å²) in [6.45, 7) is 0. The van der Waals surface area contributed by atoms with Gasteiger partial charge in [0.2, 0.25) is 0 Å². The first-order valence-electron chi connectivity index (χ1n) is 5.86. The number of thioether (sulfide) groups is 1. The molecule has 19 heavy (non-hydrogen) atoms. The third-order valence-electron chi connectivity index (χ3n) is 2.62. The van der Waals surface area contributed by atoms with Gasteiger partial charge in [-0.25, -0.2) is 5.43 Å². The van der Waals surface area contributed by atoms with Crippen molar-refractivity contribution in [2.45, 2.75) is 6.04 Å². The number of aromatic nitrogens is 1. The Hall–Kier alpha value is -1.43. The zero-order chi connectivity index (χ0) is 13.5. The van der Waals surface area contributed by atoms with Crippen LogP contribution in [0.25, 0.3) is 0 Å². The molecule has 98 valence electrons. The lowest BCUT2D eigenvalue weighted by atomic mass is 10.0. The Morgan fingerprint density at radius 3 is 2.53 bits per heavy atom. The molecule has 0 amide bonds. The molecule has 1 atom stereocenters. The molecule has 2 rings (SSSR count). The highest BCUT2D eigenvalue weighted by Gasteiger charge is 2.14. The van der Waals surface area contributed by atoms with E-state index in [-0.39, 0.29) is 6.04 Å². The zero-order valence-electron chi connectivity index (χ0n) is 10.5. The van der Waals surface area contributed by atoms with Crippen molar-refractivity contribution in [2.75, 3.05) is 6.26 Å². The number of pyridine rings is 1. The molecule has 5 heteroatoms. The molecule has 0 spiro atoms. The smallest absolute Gasteiger partial charge is 0.147 e. The van der Waals surface area contributed by atoms with E-state index in [0.29, 0.717) is 4.32 Å². The summed E-state index contributed by atoms with van der Waals surface area (Å²) in [6, 6.07) is 16.0. The van der Waals surface area contributed by atoms with Crippen LogP contribution in [0.4, 0.5) is 0 Å². The summed E-state index contributed by atoms with van der Waals surface area (Å²) >= 11 is 6.64. The minimum Gasteiger partial charge on any atom is -0.306 e.